The minimum atomic E-state index is -1.23. The van der Waals surface area contributed by atoms with E-state index in [-0.39, 0.29) is 37.5 Å². The summed E-state index contributed by atoms with van der Waals surface area (Å²) in [5, 5.41) is 13.0. The van der Waals surface area contributed by atoms with Gasteiger partial charge in [-0.2, -0.15) is 0 Å². The Morgan fingerprint density at radius 3 is 2.13 bits per heavy atom. The molecular weight excluding hydrogens is 579 g/mol. The van der Waals surface area contributed by atoms with Crippen molar-refractivity contribution in [1.82, 2.24) is 9.88 Å². The molecule has 0 aliphatic heterocycles. The number of carbonyl (C=O) groups is 4. The Balaban J connectivity index is 2.17. The smallest absolute Gasteiger partial charge is 0.308 e. The number of nitrogens with zero attached hydrogens (tertiary/aromatic N) is 1. The zero-order valence-corrected chi connectivity index (χ0v) is 26.6. The molecular formula is C35H41FN2O7. The Hall–Kier alpha value is -4.57. The summed E-state index contributed by atoms with van der Waals surface area (Å²) in [6.07, 6.45) is 0.950. The molecule has 0 radical (unpaired) electrons. The SMILES string of the molecule is COC(=O)C[C@H](O)CC(=O)C=Cc1c(-c2ccc(F)cc2)c(-c2ccccc2)c(C(=O)NCCC(=O)OC(C)(C)C)n1C(C)C. The molecule has 0 saturated heterocycles. The lowest BCUT2D eigenvalue weighted by atomic mass is 9.94. The Bertz CT molecular complexity index is 1530. The van der Waals surface area contributed by atoms with Crippen molar-refractivity contribution < 1.29 is 38.1 Å². The summed E-state index contributed by atoms with van der Waals surface area (Å²) in [6.45, 7) is 9.10. The highest BCUT2D eigenvalue weighted by Crippen LogP contribution is 2.42. The number of methoxy groups -OCH3 is 1. The molecule has 1 aromatic heterocycles. The fourth-order valence-electron chi connectivity index (χ4n) is 4.90. The molecule has 0 aliphatic rings. The van der Waals surface area contributed by atoms with Crippen molar-refractivity contribution in [2.75, 3.05) is 13.7 Å². The third-order valence-corrected chi connectivity index (χ3v) is 6.70. The van der Waals surface area contributed by atoms with E-state index in [4.69, 9.17) is 4.74 Å². The Morgan fingerprint density at radius 1 is 0.933 bits per heavy atom. The largest absolute Gasteiger partial charge is 0.469 e. The summed E-state index contributed by atoms with van der Waals surface area (Å²) in [5.74, 6) is -2.42. The molecule has 3 rings (SSSR count). The Kier molecular flexibility index (Phi) is 12.0. The number of benzene rings is 2. The van der Waals surface area contributed by atoms with Crippen LogP contribution >= 0.6 is 0 Å². The first kappa shape index (κ1) is 34.9. The lowest BCUT2D eigenvalue weighted by Crippen LogP contribution is -2.31. The van der Waals surface area contributed by atoms with Gasteiger partial charge in [0.25, 0.3) is 5.91 Å². The first-order valence-corrected chi connectivity index (χ1v) is 14.8. The number of nitrogens with one attached hydrogen (secondary N) is 1. The topological polar surface area (TPSA) is 124 Å². The van der Waals surface area contributed by atoms with Crippen LogP contribution in [0.25, 0.3) is 28.3 Å². The van der Waals surface area contributed by atoms with Gasteiger partial charge in [0.1, 0.15) is 17.1 Å². The highest BCUT2D eigenvalue weighted by molar-refractivity contribution is 6.07. The quantitative estimate of drug-likeness (QED) is 0.180. The van der Waals surface area contributed by atoms with E-state index in [0.29, 0.717) is 27.9 Å². The van der Waals surface area contributed by atoms with Gasteiger partial charge in [-0.25, -0.2) is 4.39 Å². The zero-order chi connectivity index (χ0) is 33.3. The molecule has 0 unspecified atom stereocenters. The van der Waals surface area contributed by atoms with Gasteiger partial charge in [0, 0.05) is 30.1 Å². The van der Waals surface area contributed by atoms with Gasteiger partial charge in [0.2, 0.25) is 0 Å². The average Bonchev–Trinajstić information content (AvgIpc) is 3.31. The van der Waals surface area contributed by atoms with E-state index in [0.717, 1.165) is 0 Å². The lowest BCUT2D eigenvalue weighted by Gasteiger charge is -2.20. The van der Waals surface area contributed by atoms with Crippen LogP contribution in [0.4, 0.5) is 4.39 Å². The standard InChI is InChI=1S/C35H41FN2O7/c1-22(2)38-28(17-16-26(39)20-27(40)21-30(42)44-6)31(24-12-14-25(36)15-13-24)32(23-10-8-7-9-11-23)33(38)34(43)37-19-18-29(41)45-35(3,4)5/h7-17,22,27,40H,18-21H2,1-6H3,(H,37,43)/t27-/m1/s1. The predicted octanol–water partition coefficient (Wildman–Crippen LogP) is 5.90. The van der Waals surface area contributed by atoms with Crippen molar-refractivity contribution >= 4 is 29.7 Å². The van der Waals surface area contributed by atoms with E-state index in [1.807, 2.05) is 44.2 Å². The number of amides is 1. The number of hydrogen-bond donors (Lipinski definition) is 2. The van der Waals surface area contributed by atoms with Crippen LogP contribution in [0.15, 0.2) is 60.7 Å². The predicted molar refractivity (Wildman–Crippen MR) is 170 cm³/mol. The number of esters is 2. The molecule has 2 aromatic carbocycles. The zero-order valence-electron chi connectivity index (χ0n) is 26.6. The van der Waals surface area contributed by atoms with Gasteiger partial charge >= 0.3 is 11.9 Å². The van der Waals surface area contributed by atoms with Crippen LogP contribution in [0.3, 0.4) is 0 Å². The molecule has 3 aromatic rings. The van der Waals surface area contributed by atoms with E-state index in [2.05, 4.69) is 10.1 Å². The maximum absolute atomic E-state index is 14.0. The van der Waals surface area contributed by atoms with Crippen molar-refractivity contribution in [2.45, 2.75) is 71.6 Å². The summed E-state index contributed by atoms with van der Waals surface area (Å²) < 4.78 is 25.8. The van der Waals surface area contributed by atoms with E-state index in [1.165, 1.54) is 25.3 Å². The second-order valence-electron chi connectivity index (χ2n) is 11.9. The maximum atomic E-state index is 14.0. The Labute approximate surface area is 263 Å². The molecule has 10 heteroatoms. The van der Waals surface area contributed by atoms with Gasteiger partial charge in [-0.05, 0) is 70.0 Å². The number of hydrogen-bond acceptors (Lipinski definition) is 7. The van der Waals surface area contributed by atoms with Crippen molar-refractivity contribution in [3.8, 4) is 22.3 Å². The summed E-state index contributed by atoms with van der Waals surface area (Å²) in [4.78, 5) is 50.7. The minimum Gasteiger partial charge on any atom is -0.469 e. The molecule has 240 valence electrons. The van der Waals surface area contributed by atoms with Gasteiger partial charge in [-0.15, -0.1) is 0 Å². The first-order valence-electron chi connectivity index (χ1n) is 14.8. The number of aliphatic hydroxyl groups excluding tert-OH is 1. The lowest BCUT2D eigenvalue weighted by molar-refractivity contribution is -0.154. The van der Waals surface area contributed by atoms with Crippen LogP contribution < -0.4 is 5.32 Å². The number of halogens is 1. The molecule has 9 nitrogen and oxygen atoms in total. The van der Waals surface area contributed by atoms with Crippen molar-refractivity contribution in [3.63, 3.8) is 0 Å². The van der Waals surface area contributed by atoms with Crippen LogP contribution in [-0.4, -0.2) is 58.7 Å². The molecule has 2 N–H and O–H groups in total. The van der Waals surface area contributed by atoms with Crippen molar-refractivity contribution in [1.29, 1.82) is 0 Å². The van der Waals surface area contributed by atoms with Crippen molar-refractivity contribution in [3.05, 3.63) is 77.9 Å². The molecule has 1 amide bonds. The highest BCUT2D eigenvalue weighted by atomic mass is 19.1. The van der Waals surface area contributed by atoms with E-state index >= 15 is 0 Å². The van der Waals surface area contributed by atoms with Gasteiger partial charge < -0.3 is 24.5 Å². The van der Waals surface area contributed by atoms with Gasteiger partial charge in [-0.1, -0.05) is 42.5 Å². The third kappa shape index (κ3) is 9.71. The summed E-state index contributed by atoms with van der Waals surface area (Å²) in [6, 6.07) is 14.8. The second-order valence-corrected chi connectivity index (χ2v) is 11.9. The highest BCUT2D eigenvalue weighted by Gasteiger charge is 2.29. The summed E-state index contributed by atoms with van der Waals surface area (Å²) in [5.41, 5.74) is 2.60. The number of allylic oxidation sites excluding steroid dienone is 1. The fraction of sp³-hybridized carbons (Fsp3) is 0.371. The number of ketones is 1. The van der Waals surface area contributed by atoms with Crippen molar-refractivity contribution in [2.24, 2.45) is 0 Å². The van der Waals surface area contributed by atoms with Gasteiger partial charge in [0.15, 0.2) is 5.78 Å². The minimum absolute atomic E-state index is 0.0267. The second kappa shape index (κ2) is 15.4. The van der Waals surface area contributed by atoms with Crippen LogP contribution in [0.5, 0.6) is 0 Å². The fourth-order valence-corrected chi connectivity index (χ4v) is 4.90. The van der Waals surface area contributed by atoms with E-state index < -0.39 is 41.2 Å². The Morgan fingerprint density at radius 2 is 1.56 bits per heavy atom. The molecule has 0 bridgehead atoms. The van der Waals surface area contributed by atoms with E-state index in [1.54, 1.807) is 43.5 Å². The number of rotatable bonds is 13. The number of aromatic nitrogens is 1. The molecule has 1 heterocycles. The normalized spacial score (nSPS) is 12.3. The average molecular weight is 621 g/mol. The molecule has 0 aliphatic carbocycles. The number of carbonyl (C=O) groups excluding carboxylic acids is 4. The van der Waals surface area contributed by atoms with Gasteiger partial charge in [0.05, 0.1) is 31.7 Å². The maximum Gasteiger partial charge on any atom is 0.308 e. The number of ether oxygens (including phenoxy) is 2. The summed E-state index contributed by atoms with van der Waals surface area (Å²) in [7, 11) is 1.20. The number of aliphatic hydroxyl groups is 1. The molecule has 0 saturated carbocycles. The molecule has 1 atom stereocenters. The summed E-state index contributed by atoms with van der Waals surface area (Å²) >= 11 is 0. The third-order valence-electron chi connectivity index (χ3n) is 6.70. The van der Waals surface area contributed by atoms with Crippen LogP contribution in [0.2, 0.25) is 0 Å². The van der Waals surface area contributed by atoms with Crippen LogP contribution in [0.1, 0.15) is 76.1 Å². The molecule has 0 fully saturated rings. The first-order chi connectivity index (χ1) is 21.2. The van der Waals surface area contributed by atoms with Crippen LogP contribution in [-0.2, 0) is 23.9 Å². The van der Waals surface area contributed by atoms with E-state index in [9.17, 15) is 28.7 Å². The molecule has 45 heavy (non-hydrogen) atoms. The van der Waals surface area contributed by atoms with Crippen LogP contribution in [0, 0.1) is 5.82 Å². The molecule has 0 spiro atoms. The van der Waals surface area contributed by atoms with Gasteiger partial charge in [-0.3, -0.25) is 19.2 Å². The monoisotopic (exact) mass is 620 g/mol.